The number of unbranched alkanes of at least 4 members (excludes halogenated alkanes) is 2. The minimum Gasteiger partial charge on any atom is -0.481 e. The molecule has 0 saturated heterocycles. The number of hydrogen-bond donors (Lipinski definition) is 1. The van der Waals surface area contributed by atoms with Crippen molar-refractivity contribution in [3.63, 3.8) is 0 Å². The molecule has 0 aromatic heterocycles. The Labute approximate surface area is 112 Å². The average Bonchev–Trinajstić information content (AvgIpc) is 2.82. The molecule has 0 unspecified atom stereocenters. The summed E-state index contributed by atoms with van der Waals surface area (Å²) in [5, 5.41) is 9.54. The molecule has 0 amide bonds. The first-order chi connectivity index (χ1) is 8.64. The highest BCUT2D eigenvalue weighted by Crippen LogP contribution is 2.39. The molecule has 0 spiro atoms. The van der Waals surface area contributed by atoms with Gasteiger partial charge in [-0.25, -0.2) is 0 Å². The van der Waals surface area contributed by atoms with Gasteiger partial charge in [0.15, 0.2) is 0 Å². The molecule has 0 bridgehead atoms. The van der Waals surface area contributed by atoms with Gasteiger partial charge in [-0.1, -0.05) is 39.5 Å². The van der Waals surface area contributed by atoms with Crippen molar-refractivity contribution in [1.82, 2.24) is 4.90 Å². The molecule has 0 radical (unpaired) electrons. The van der Waals surface area contributed by atoms with E-state index in [4.69, 9.17) is 0 Å². The Morgan fingerprint density at radius 1 is 1.11 bits per heavy atom. The van der Waals surface area contributed by atoms with E-state index in [2.05, 4.69) is 18.7 Å². The van der Waals surface area contributed by atoms with Crippen LogP contribution in [0, 0.1) is 5.41 Å². The van der Waals surface area contributed by atoms with Crippen LogP contribution < -0.4 is 0 Å². The Bertz CT molecular complexity index is 239. The molecular weight excluding hydrogens is 226 g/mol. The Morgan fingerprint density at radius 2 is 1.61 bits per heavy atom. The fourth-order valence-corrected chi connectivity index (χ4v) is 2.95. The smallest absolute Gasteiger partial charge is 0.310 e. The molecule has 1 aliphatic carbocycles. The zero-order chi connectivity index (χ0) is 13.4. The predicted molar refractivity (Wildman–Crippen MR) is 74.8 cm³/mol. The predicted octanol–water partition coefficient (Wildman–Crippen LogP) is 3.53. The van der Waals surface area contributed by atoms with Crippen LogP contribution in [0.5, 0.6) is 0 Å². The number of aliphatic carboxylic acids is 1. The minimum absolute atomic E-state index is 0.443. The molecule has 0 aromatic carbocycles. The van der Waals surface area contributed by atoms with Crippen molar-refractivity contribution in [3.8, 4) is 0 Å². The molecule has 0 aliphatic heterocycles. The minimum atomic E-state index is -0.571. The Morgan fingerprint density at radius 3 is 2.00 bits per heavy atom. The number of nitrogens with zero attached hydrogens (tertiary/aromatic N) is 1. The molecule has 3 nitrogen and oxygen atoms in total. The highest BCUT2D eigenvalue weighted by Gasteiger charge is 2.42. The number of carbonyl (C=O) groups is 1. The van der Waals surface area contributed by atoms with Crippen LogP contribution in [0.15, 0.2) is 0 Å². The van der Waals surface area contributed by atoms with Crippen LogP contribution in [-0.4, -0.2) is 35.6 Å². The van der Waals surface area contributed by atoms with E-state index in [9.17, 15) is 9.90 Å². The lowest BCUT2D eigenvalue weighted by molar-refractivity contribution is -0.150. The van der Waals surface area contributed by atoms with Crippen molar-refractivity contribution in [2.75, 3.05) is 19.6 Å². The van der Waals surface area contributed by atoms with Crippen LogP contribution >= 0.6 is 0 Å². The monoisotopic (exact) mass is 255 g/mol. The normalized spacial score (nSPS) is 18.4. The maximum absolute atomic E-state index is 11.6. The van der Waals surface area contributed by atoms with E-state index in [0.29, 0.717) is 0 Å². The highest BCUT2D eigenvalue weighted by molar-refractivity contribution is 5.75. The van der Waals surface area contributed by atoms with Gasteiger partial charge in [-0.05, 0) is 38.8 Å². The maximum atomic E-state index is 11.6. The molecule has 1 fully saturated rings. The van der Waals surface area contributed by atoms with Crippen LogP contribution in [0.4, 0.5) is 0 Å². The molecule has 0 atom stereocenters. The van der Waals surface area contributed by atoms with Crippen LogP contribution in [0.1, 0.15) is 65.2 Å². The standard InChI is InChI=1S/C15H29NO2/c1-3-5-11-16(12-6-4-2)13-15(14(17)18)9-7-8-10-15/h3-13H2,1-2H3,(H,17,18). The largest absolute Gasteiger partial charge is 0.481 e. The summed E-state index contributed by atoms with van der Waals surface area (Å²) in [6, 6.07) is 0. The maximum Gasteiger partial charge on any atom is 0.310 e. The van der Waals surface area contributed by atoms with Gasteiger partial charge in [0.25, 0.3) is 0 Å². The van der Waals surface area contributed by atoms with Crippen molar-refractivity contribution in [2.24, 2.45) is 5.41 Å². The first kappa shape index (κ1) is 15.5. The fraction of sp³-hybridized carbons (Fsp3) is 0.933. The molecule has 1 N–H and O–H groups in total. The van der Waals surface area contributed by atoms with Crippen molar-refractivity contribution >= 4 is 5.97 Å². The first-order valence-electron chi connectivity index (χ1n) is 7.60. The number of carboxylic acid groups (broad SMARTS) is 1. The average molecular weight is 255 g/mol. The van der Waals surface area contributed by atoms with E-state index in [1.807, 2.05) is 0 Å². The molecule has 1 rings (SSSR count). The highest BCUT2D eigenvalue weighted by atomic mass is 16.4. The van der Waals surface area contributed by atoms with Gasteiger partial charge in [0.05, 0.1) is 5.41 Å². The number of rotatable bonds is 9. The zero-order valence-corrected chi connectivity index (χ0v) is 12.1. The van der Waals surface area contributed by atoms with Crippen LogP contribution in [0.2, 0.25) is 0 Å². The van der Waals surface area contributed by atoms with E-state index >= 15 is 0 Å². The Balaban J connectivity index is 2.57. The lowest BCUT2D eigenvalue weighted by atomic mass is 9.85. The molecule has 0 aromatic rings. The van der Waals surface area contributed by atoms with Gasteiger partial charge in [0, 0.05) is 6.54 Å². The molecule has 1 aliphatic rings. The molecular formula is C15H29NO2. The fourth-order valence-electron chi connectivity index (χ4n) is 2.95. The van der Waals surface area contributed by atoms with E-state index in [1.54, 1.807) is 0 Å². The molecule has 106 valence electrons. The summed E-state index contributed by atoms with van der Waals surface area (Å²) < 4.78 is 0. The summed E-state index contributed by atoms with van der Waals surface area (Å²) in [4.78, 5) is 14.0. The quantitative estimate of drug-likeness (QED) is 0.685. The number of carboxylic acids is 1. The van der Waals surface area contributed by atoms with Crippen molar-refractivity contribution < 1.29 is 9.90 Å². The van der Waals surface area contributed by atoms with Gasteiger partial charge >= 0.3 is 5.97 Å². The van der Waals surface area contributed by atoms with E-state index in [-0.39, 0.29) is 0 Å². The topological polar surface area (TPSA) is 40.5 Å². The van der Waals surface area contributed by atoms with Gasteiger partial charge < -0.3 is 10.0 Å². The van der Waals surface area contributed by atoms with Crippen molar-refractivity contribution in [2.45, 2.75) is 65.2 Å². The Kier molecular flexibility index (Phi) is 6.69. The summed E-state index contributed by atoms with van der Waals surface area (Å²) in [5.74, 6) is -0.571. The second-order valence-electron chi connectivity index (χ2n) is 5.78. The summed E-state index contributed by atoms with van der Waals surface area (Å²) >= 11 is 0. The van der Waals surface area contributed by atoms with E-state index in [0.717, 1.165) is 45.3 Å². The summed E-state index contributed by atoms with van der Waals surface area (Å²) in [7, 11) is 0. The third kappa shape index (κ3) is 4.27. The first-order valence-corrected chi connectivity index (χ1v) is 7.60. The Hall–Kier alpha value is -0.570. The second kappa shape index (κ2) is 7.78. The van der Waals surface area contributed by atoms with Crippen LogP contribution in [-0.2, 0) is 4.79 Å². The van der Waals surface area contributed by atoms with E-state index < -0.39 is 11.4 Å². The van der Waals surface area contributed by atoms with Crippen molar-refractivity contribution in [3.05, 3.63) is 0 Å². The number of hydrogen-bond acceptors (Lipinski definition) is 2. The molecule has 3 heteroatoms. The summed E-state index contributed by atoms with van der Waals surface area (Å²) in [5.41, 5.74) is -0.443. The lowest BCUT2D eigenvalue weighted by Gasteiger charge is -2.32. The molecule has 18 heavy (non-hydrogen) atoms. The third-order valence-corrected chi connectivity index (χ3v) is 4.20. The molecule has 1 saturated carbocycles. The van der Waals surface area contributed by atoms with Gasteiger partial charge in [0.1, 0.15) is 0 Å². The summed E-state index contributed by atoms with van der Waals surface area (Å²) in [6.07, 6.45) is 8.64. The van der Waals surface area contributed by atoms with Gasteiger partial charge in [-0.2, -0.15) is 0 Å². The van der Waals surface area contributed by atoms with Gasteiger partial charge in [-0.3, -0.25) is 4.79 Å². The third-order valence-electron chi connectivity index (χ3n) is 4.20. The zero-order valence-electron chi connectivity index (χ0n) is 12.1. The van der Waals surface area contributed by atoms with Gasteiger partial charge in [0.2, 0.25) is 0 Å². The van der Waals surface area contributed by atoms with Crippen LogP contribution in [0.3, 0.4) is 0 Å². The SMILES string of the molecule is CCCCN(CCCC)CC1(C(=O)O)CCCC1. The van der Waals surface area contributed by atoms with Crippen LogP contribution in [0.25, 0.3) is 0 Å². The van der Waals surface area contributed by atoms with E-state index in [1.165, 1.54) is 25.7 Å². The lowest BCUT2D eigenvalue weighted by Crippen LogP contribution is -2.42. The van der Waals surface area contributed by atoms with Crippen molar-refractivity contribution in [1.29, 1.82) is 0 Å². The van der Waals surface area contributed by atoms with Gasteiger partial charge in [-0.15, -0.1) is 0 Å². The summed E-state index contributed by atoms with van der Waals surface area (Å²) in [6.45, 7) is 7.28. The molecule has 0 heterocycles. The second-order valence-corrected chi connectivity index (χ2v) is 5.78.